The van der Waals surface area contributed by atoms with Gasteiger partial charge in [0.25, 0.3) is 0 Å². The van der Waals surface area contributed by atoms with Crippen molar-refractivity contribution in [1.82, 2.24) is 14.8 Å². The number of isocyanates is 1. The molecule has 1 heterocycles. The second-order valence-electron chi connectivity index (χ2n) is 3.42. The van der Waals surface area contributed by atoms with Gasteiger partial charge < -0.3 is 4.57 Å². The summed E-state index contributed by atoms with van der Waals surface area (Å²) >= 11 is 0. The van der Waals surface area contributed by atoms with Gasteiger partial charge in [-0.05, 0) is 18.6 Å². The third-order valence-corrected chi connectivity index (χ3v) is 2.42. The highest BCUT2D eigenvalue weighted by Gasteiger charge is 2.09. The van der Waals surface area contributed by atoms with E-state index >= 15 is 0 Å². The van der Waals surface area contributed by atoms with E-state index in [1.807, 2.05) is 30.7 Å². The van der Waals surface area contributed by atoms with Gasteiger partial charge in [-0.25, -0.2) is 4.79 Å². The Bertz CT molecular complexity index is 567. The molecule has 0 radical (unpaired) electrons. The topological polar surface area (TPSA) is 60.1 Å². The molecule has 1 aromatic heterocycles. The molecule has 0 spiro atoms. The highest BCUT2D eigenvalue weighted by molar-refractivity contribution is 5.69. The number of carbonyl (C=O) groups excluding carboxylic acids is 1. The van der Waals surface area contributed by atoms with E-state index in [4.69, 9.17) is 0 Å². The zero-order valence-corrected chi connectivity index (χ0v) is 9.01. The second kappa shape index (κ2) is 4.08. The van der Waals surface area contributed by atoms with Crippen molar-refractivity contribution in [2.45, 2.75) is 6.92 Å². The van der Waals surface area contributed by atoms with Gasteiger partial charge in [0.1, 0.15) is 6.33 Å². The largest absolute Gasteiger partial charge is 0.317 e. The fourth-order valence-electron chi connectivity index (χ4n) is 1.56. The molecule has 0 aliphatic carbocycles. The summed E-state index contributed by atoms with van der Waals surface area (Å²) in [7, 11) is 1.87. The van der Waals surface area contributed by atoms with Crippen LogP contribution in [0.4, 0.5) is 5.69 Å². The Hall–Kier alpha value is -2.26. The second-order valence-corrected chi connectivity index (χ2v) is 3.42. The Kier molecular flexibility index (Phi) is 2.62. The van der Waals surface area contributed by atoms with Crippen LogP contribution >= 0.6 is 0 Å². The van der Waals surface area contributed by atoms with E-state index < -0.39 is 0 Å². The quantitative estimate of drug-likeness (QED) is 0.565. The molecule has 1 aromatic carbocycles. The average Bonchev–Trinajstić information content (AvgIpc) is 2.68. The van der Waals surface area contributed by atoms with Gasteiger partial charge in [0.15, 0.2) is 5.82 Å². The summed E-state index contributed by atoms with van der Waals surface area (Å²) in [5.74, 6) is 0.750. The van der Waals surface area contributed by atoms with Gasteiger partial charge in [0.2, 0.25) is 6.08 Å². The molecule has 2 aromatic rings. The Morgan fingerprint density at radius 2 is 2.25 bits per heavy atom. The van der Waals surface area contributed by atoms with Crippen LogP contribution in [0.1, 0.15) is 5.56 Å². The molecule has 5 heteroatoms. The number of hydrogen-bond acceptors (Lipinski definition) is 4. The van der Waals surface area contributed by atoms with Crippen LogP contribution < -0.4 is 0 Å². The molecule has 0 atom stereocenters. The molecule has 0 N–H and O–H groups in total. The molecule has 0 aliphatic rings. The van der Waals surface area contributed by atoms with Crippen molar-refractivity contribution in [2.75, 3.05) is 0 Å². The first-order chi connectivity index (χ1) is 7.74. The minimum Gasteiger partial charge on any atom is -0.317 e. The first kappa shape index (κ1) is 10.3. The molecule has 0 saturated heterocycles. The van der Waals surface area contributed by atoms with Crippen molar-refractivity contribution in [2.24, 2.45) is 12.0 Å². The summed E-state index contributed by atoms with van der Waals surface area (Å²) < 4.78 is 1.82. The van der Waals surface area contributed by atoms with Gasteiger partial charge in [0.05, 0.1) is 5.69 Å². The molecule has 0 aliphatic heterocycles. The average molecular weight is 214 g/mol. The van der Waals surface area contributed by atoms with E-state index in [1.165, 1.54) is 0 Å². The maximum absolute atomic E-state index is 10.3. The molecule has 0 amide bonds. The van der Waals surface area contributed by atoms with Crippen molar-refractivity contribution in [3.63, 3.8) is 0 Å². The lowest BCUT2D eigenvalue weighted by atomic mass is 10.1. The summed E-state index contributed by atoms with van der Waals surface area (Å²) in [6, 6.07) is 5.51. The van der Waals surface area contributed by atoms with Gasteiger partial charge in [-0.15, -0.1) is 10.2 Å². The standard InChI is InChI=1S/C11H10N4O/c1-8-9(11-14-13-6-15(11)2)4-3-5-10(8)12-7-16/h3-6H,1-2H3. The molecular weight excluding hydrogens is 204 g/mol. The van der Waals surface area contributed by atoms with Crippen molar-refractivity contribution >= 4 is 11.8 Å². The van der Waals surface area contributed by atoms with Gasteiger partial charge in [-0.1, -0.05) is 12.1 Å². The Morgan fingerprint density at radius 3 is 2.88 bits per heavy atom. The maximum atomic E-state index is 10.3. The molecule has 0 saturated carbocycles. The lowest BCUT2D eigenvalue weighted by Crippen LogP contribution is -1.93. The van der Waals surface area contributed by atoms with Gasteiger partial charge in [-0.3, -0.25) is 0 Å². The number of aliphatic imine (C=N–C) groups is 1. The van der Waals surface area contributed by atoms with Crippen LogP contribution in [0, 0.1) is 6.92 Å². The lowest BCUT2D eigenvalue weighted by molar-refractivity contribution is 0.565. The third-order valence-electron chi connectivity index (χ3n) is 2.42. The highest BCUT2D eigenvalue weighted by atomic mass is 16.1. The van der Waals surface area contributed by atoms with Crippen LogP contribution in [0.3, 0.4) is 0 Å². The van der Waals surface area contributed by atoms with Crippen LogP contribution in [0.15, 0.2) is 29.5 Å². The van der Waals surface area contributed by atoms with Crippen molar-refractivity contribution in [3.8, 4) is 11.4 Å². The number of aromatic nitrogens is 3. The van der Waals surface area contributed by atoms with E-state index in [-0.39, 0.29) is 0 Å². The van der Waals surface area contributed by atoms with Crippen LogP contribution in [-0.2, 0) is 11.8 Å². The Balaban J connectivity index is 2.63. The number of nitrogens with zero attached hydrogens (tertiary/aromatic N) is 4. The Morgan fingerprint density at radius 1 is 1.44 bits per heavy atom. The van der Waals surface area contributed by atoms with Crippen molar-refractivity contribution in [1.29, 1.82) is 0 Å². The summed E-state index contributed by atoms with van der Waals surface area (Å²) in [5.41, 5.74) is 2.41. The smallest absolute Gasteiger partial charge is 0.240 e. The van der Waals surface area contributed by atoms with Crippen LogP contribution in [0.25, 0.3) is 11.4 Å². The lowest BCUT2D eigenvalue weighted by Gasteiger charge is -2.06. The van der Waals surface area contributed by atoms with E-state index in [9.17, 15) is 4.79 Å². The van der Waals surface area contributed by atoms with Crippen LogP contribution in [0.2, 0.25) is 0 Å². The summed E-state index contributed by atoms with van der Waals surface area (Å²) in [5, 5.41) is 7.84. The molecule has 16 heavy (non-hydrogen) atoms. The molecule has 0 bridgehead atoms. The van der Waals surface area contributed by atoms with Gasteiger partial charge in [0, 0.05) is 12.6 Å². The predicted molar refractivity (Wildman–Crippen MR) is 59.0 cm³/mol. The monoisotopic (exact) mass is 214 g/mol. The number of rotatable bonds is 2. The molecule has 0 fully saturated rings. The number of hydrogen-bond donors (Lipinski definition) is 0. The summed E-state index contributed by atoms with van der Waals surface area (Å²) in [6.45, 7) is 1.89. The predicted octanol–water partition coefficient (Wildman–Crippen LogP) is 1.76. The molecule has 5 nitrogen and oxygen atoms in total. The summed E-state index contributed by atoms with van der Waals surface area (Å²) in [4.78, 5) is 13.9. The SMILES string of the molecule is Cc1c(N=C=O)cccc1-c1nncn1C. The minimum atomic E-state index is 0.607. The molecular formula is C11H10N4O. The zero-order chi connectivity index (χ0) is 11.5. The summed E-state index contributed by atoms with van der Waals surface area (Å²) in [6.07, 6.45) is 3.17. The van der Waals surface area contributed by atoms with Crippen molar-refractivity contribution < 1.29 is 4.79 Å². The van der Waals surface area contributed by atoms with E-state index in [2.05, 4.69) is 15.2 Å². The van der Waals surface area contributed by atoms with E-state index in [1.54, 1.807) is 18.5 Å². The Labute approximate surface area is 92.5 Å². The van der Waals surface area contributed by atoms with Gasteiger partial charge in [-0.2, -0.15) is 4.99 Å². The highest BCUT2D eigenvalue weighted by Crippen LogP contribution is 2.28. The third kappa shape index (κ3) is 1.64. The molecule has 80 valence electrons. The van der Waals surface area contributed by atoms with Crippen molar-refractivity contribution in [3.05, 3.63) is 30.1 Å². The normalized spacial score (nSPS) is 9.88. The van der Waals surface area contributed by atoms with E-state index in [0.717, 1.165) is 17.0 Å². The zero-order valence-electron chi connectivity index (χ0n) is 9.01. The number of aryl methyl sites for hydroxylation is 1. The molecule has 2 rings (SSSR count). The first-order valence-corrected chi connectivity index (χ1v) is 4.76. The maximum Gasteiger partial charge on any atom is 0.240 e. The van der Waals surface area contributed by atoms with Gasteiger partial charge >= 0.3 is 0 Å². The van der Waals surface area contributed by atoms with Crippen LogP contribution in [-0.4, -0.2) is 20.8 Å². The molecule has 0 unspecified atom stereocenters. The fourth-order valence-corrected chi connectivity index (χ4v) is 1.56. The van der Waals surface area contributed by atoms with E-state index in [0.29, 0.717) is 5.69 Å². The number of benzene rings is 1. The minimum absolute atomic E-state index is 0.607. The van der Waals surface area contributed by atoms with Crippen LogP contribution in [0.5, 0.6) is 0 Å². The fraction of sp³-hybridized carbons (Fsp3) is 0.182. The first-order valence-electron chi connectivity index (χ1n) is 4.76.